The molecular weight excluding hydrogens is 418 g/mol. The van der Waals surface area contributed by atoms with Crippen molar-refractivity contribution in [1.29, 1.82) is 0 Å². The lowest BCUT2D eigenvalue weighted by molar-refractivity contribution is -0.136. The molecule has 0 spiro atoms. The molecule has 2 amide bonds. The first-order chi connectivity index (χ1) is 14.9. The summed E-state index contributed by atoms with van der Waals surface area (Å²) in [7, 11) is 0. The van der Waals surface area contributed by atoms with Gasteiger partial charge >= 0.3 is 17.8 Å². The Morgan fingerprint density at radius 3 is 2.42 bits per heavy atom. The van der Waals surface area contributed by atoms with Gasteiger partial charge in [-0.25, -0.2) is 10.2 Å². The average molecular weight is 436 g/mol. The standard InChI is InChI=1S/C23H18ClN3O4/c1-15-9-11-17(12-10-15)23(30)31-18-6-4-5-16(13-18)14-25-27-22(29)21(28)26-20-8-3-2-7-19(20)24/h2-14H,1H3,(H,26,28)(H,27,29). The molecule has 0 saturated carbocycles. The van der Waals surface area contributed by atoms with Crippen LogP contribution in [0.1, 0.15) is 21.5 Å². The first-order valence-electron chi connectivity index (χ1n) is 9.20. The molecule has 0 unspecified atom stereocenters. The largest absolute Gasteiger partial charge is 0.423 e. The number of esters is 1. The van der Waals surface area contributed by atoms with Gasteiger partial charge in [0.1, 0.15) is 5.75 Å². The number of hydrogen-bond acceptors (Lipinski definition) is 5. The smallest absolute Gasteiger partial charge is 0.343 e. The third kappa shape index (κ3) is 6.25. The Balaban J connectivity index is 1.57. The zero-order valence-corrected chi connectivity index (χ0v) is 17.2. The predicted octanol–water partition coefficient (Wildman–Crippen LogP) is 3.96. The lowest BCUT2D eigenvalue weighted by Crippen LogP contribution is -2.32. The van der Waals surface area contributed by atoms with E-state index in [0.29, 0.717) is 27.6 Å². The van der Waals surface area contributed by atoms with Crippen LogP contribution in [0.4, 0.5) is 5.69 Å². The topological polar surface area (TPSA) is 96.9 Å². The minimum absolute atomic E-state index is 0.309. The van der Waals surface area contributed by atoms with E-state index in [-0.39, 0.29) is 0 Å². The van der Waals surface area contributed by atoms with E-state index in [0.717, 1.165) is 5.56 Å². The van der Waals surface area contributed by atoms with Crippen LogP contribution < -0.4 is 15.5 Å². The van der Waals surface area contributed by atoms with E-state index in [1.165, 1.54) is 6.21 Å². The number of para-hydroxylation sites is 1. The Kier molecular flexibility index (Phi) is 7.13. The summed E-state index contributed by atoms with van der Waals surface area (Å²) in [6.07, 6.45) is 1.32. The van der Waals surface area contributed by atoms with Crippen molar-refractivity contribution in [2.75, 3.05) is 5.32 Å². The fourth-order valence-electron chi connectivity index (χ4n) is 2.47. The van der Waals surface area contributed by atoms with Crippen LogP contribution in [0, 0.1) is 6.92 Å². The van der Waals surface area contributed by atoms with Crippen LogP contribution in [-0.2, 0) is 9.59 Å². The molecule has 3 aromatic rings. The van der Waals surface area contributed by atoms with Gasteiger partial charge in [-0.15, -0.1) is 0 Å². The molecule has 2 N–H and O–H groups in total. The van der Waals surface area contributed by atoms with Gasteiger partial charge in [0.2, 0.25) is 0 Å². The Hall–Kier alpha value is -3.97. The molecule has 0 aromatic heterocycles. The molecule has 3 rings (SSSR count). The van der Waals surface area contributed by atoms with E-state index in [2.05, 4.69) is 15.8 Å². The minimum atomic E-state index is -0.960. The molecule has 0 aliphatic rings. The van der Waals surface area contributed by atoms with Crippen LogP contribution in [0.2, 0.25) is 5.02 Å². The van der Waals surface area contributed by atoms with Crippen LogP contribution in [0.3, 0.4) is 0 Å². The quantitative estimate of drug-likeness (QED) is 0.208. The summed E-state index contributed by atoms with van der Waals surface area (Å²) in [6, 6.07) is 20.1. The van der Waals surface area contributed by atoms with Gasteiger partial charge in [0.25, 0.3) is 0 Å². The van der Waals surface area contributed by atoms with Crippen molar-refractivity contribution in [1.82, 2.24) is 5.43 Å². The number of carbonyl (C=O) groups is 3. The van der Waals surface area contributed by atoms with Crippen LogP contribution >= 0.6 is 11.6 Å². The summed E-state index contributed by atoms with van der Waals surface area (Å²) in [5.41, 5.74) is 4.47. The normalized spacial score (nSPS) is 10.5. The van der Waals surface area contributed by atoms with E-state index in [1.807, 2.05) is 19.1 Å². The number of benzene rings is 3. The SMILES string of the molecule is Cc1ccc(C(=O)Oc2cccc(C=NNC(=O)C(=O)Nc3ccccc3Cl)c2)cc1. The molecule has 8 heteroatoms. The van der Waals surface area contributed by atoms with Gasteiger partial charge in [-0.2, -0.15) is 5.10 Å². The third-order valence-corrected chi connectivity index (χ3v) is 4.39. The van der Waals surface area contributed by atoms with Gasteiger partial charge in [0.15, 0.2) is 0 Å². The molecule has 0 radical (unpaired) electrons. The number of amides is 2. The van der Waals surface area contributed by atoms with E-state index >= 15 is 0 Å². The molecule has 156 valence electrons. The molecule has 0 aliphatic carbocycles. The molecule has 0 heterocycles. The van der Waals surface area contributed by atoms with Crippen LogP contribution in [-0.4, -0.2) is 24.0 Å². The van der Waals surface area contributed by atoms with Crippen molar-refractivity contribution in [2.24, 2.45) is 5.10 Å². The number of rotatable bonds is 5. The van der Waals surface area contributed by atoms with E-state index in [1.54, 1.807) is 60.7 Å². The summed E-state index contributed by atoms with van der Waals surface area (Å²) in [6.45, 7) is 1.93. The number of carbonyl (C=O) groups excluding carboxylic acids is 3. The Morgan fingerprint density at radius 2 is 1.68 bits per heavy atom. The summed E-state index contributed by atoms with van der Waals surface area (Å²) in [4.78, 5) is 36.0. The van der Waals surface area contributed by atoms with Crippen LogP contribution in [0.25, 0.3) is 0 Å². The zero-order chi connectivity index (χ0) is 22.2. The number of anilines is 1. The van der Waals surface area contributed by atoms with Gasteiger partial charge in [0.05, 0.1) is 22.5 Å². The lowest BCUT2D eigenvalue weighted by atomic mass is 10.1. The number of hydrazone groups is 1. The second-order valence-corrected chi connectivity index (χ2v) is 6.87. The highest BCUT2D eigenvalue weighted by Gasteiger charge is 2.14. The summed E-state index contributed by atoms with van der Waals surface area (Å²) in [5, 5.41) is 6.46. The van der Waals surface area contributed by atoms with Crippen molar-refractivity contribution in [3.05, 3.63) is 94.5 Å². The number of nitrogens with zero attached hydrogens (tertiary/aromatic N) is 1. The highest BCUT2D eigenvalue weighted by atomic mass is 35.5. The second-order valence-electron chi connectivity index (χ2n) is 6.46. The van der Waals surface area contributed by atoms with Crippen LogP contribution in [0.15, 0.2) is 77.9 Å². The first kappa shape index (κ1) is 21.7. The van der Waals surface area contributed by atoms with Crippen LogP contribution in [0.5, 0.6) is 5.75 Å². The molecule has 0 atom stereocenters. The molecule has 7 nitrogen and oxygen atoms in total. The molecule has 31 heavy (non-hydrogen) atoms. The number of hydrogen-bond donors (Lipinski definition) is 2. The predicted molar refractivity (Wildman–Crippen MR) is 118 cm³/mol. The molecular formula is C23H18ClN3O4. The average Bonchev–Trinajstić information content (AvgIpc) is 2.76. The highest BCUT2D eigenvalue weighted by Crippen LogP contribution is 2.20. The van der Waals surface area contributed by atoms with Crippen molar-refractivity contribution < 1.29 is 19.1 Å². The van der Waals surface area contributed by atoms with Crippen molar-refractivity contribution in [3.8, 4) is 5.75 Å². The number of aryl methyl sites for hydroxylation is 1. The van der Waals surface area contributed by atoms with Gasteiger partial charge in [-0.05, 0) is 48.9 Å². The maximum atomic E-state index is 12.2. The monoisotopic (exact) mass is 435 g/mol. The van der Waals surface area contributed by atoms with Crippen molar-refractivity contribution in [3.63, 3.8) is 0 Å². The second kappa shape index (κ2) is 10.2. The maximum absolute atomic E-state index is 12.2. The molecule has 0 bridgehead atoms. The van der Waals surface area contributed by atoms with E-state index in [9.17, 15) is 14.4 Å². The van der Waals surface area contributed by atoms with Crippen molar-refractivity contribution in [2.45, 2.75) is 6.92 Å². The highest BCUT2D eigenvalue weighted by molar-refractivity contribution is 6.41. The molecule has 0 fully saturated rings. The molecule has 0 saturated heterocycles. The maximum Gasteiger partial charge on any atom is 0.343 e. The van der Waals surface area contributed by atoms with Gasteiger partial charge in [-0.3, -0.25) is 9.59 Å². The fourth-order valence-corrected chi connectivity index (χ4v) is 2.65. The Bertz CT molecular complexity index is 1140. The van der Waals surface area contributed by atoms with Gasteiger partial charge in [0, 0.05) is 0 Å². The Morgan fingerprint density at radius 1 is 0.935 bits per heavy atom. The molecule has 3 aromatic carbocycles. The number of nitrogens with one attached hydrogen (secondary N) is 2. The number of halogens is 1. The summed E-state index contributed by atoms with van der Waals surface area (Å²) < 4.78 is 5.36. The van der Waals surface area contributed by atoms with E-state index in [4.69, 9.17) is 16.3 Å². The first-order valence-corrected chi connectivity index (χ1v) is 9.58. The van der Waals surface area contributed by atoms with Gasteiger partial charge in [-0.1, -0.05) is 53.6 Å². The molecule has 0 aliphatic heterocycles. The summed E-state index contributed by atoms with van der Waals surface area (Å²) >= 11 is 5.94. The minimum Gasteiger partial charge on any atom is -0.423 e. The number of ether oxygens (including phenoxy) is 1. The lowest BCUT2D eigenvalue weighted by Gasteiger charge is -2.06. The Labute approximate surface area is 183 Å². The zero-order valence-electron chi connectivity index (χ0n) is 16.5. The van der Waals surface area contributed by atoms with Crippen molar-refractivity contribution >= 4 is 41.3 Å². The van der Waals surface area contributed by atoms with E-state index < -0.39 is 17.8 Å². The summed E-state index contributed by atoms with van der Waals surface area (Å²) in [5.74, 6) is -2.04. The van der Waals surface area contributed by atoms with Gasteiger partial charge < -0.3 is 10.1 Å². The fraction of sp³-hybridized carbons (Fsp3) is 0.0435. The third-order valence-electron chi connectivity index (χ3n) is 4.06.